The zero-order valence-corrected chi connectivity index (χ0v) is 15.9. The van der Waals surface area contributed by atoms with Gasteiger partial charge in [0.2, 0.25) is 0 Å². The predicted molar refractivity (Wildman–Crippen MR) is 100 cm³/mol. The van der Waals surface area contributed by atoms with Crippen molar-refractivity contribution in [1.29, 1.82) is 0 Å². The minimum atomic E-state index is -1.08. The first-order chi connectivity index (χ1) is 12.9. The number of aliphatic carboxylic acids is 1. The molecule has 0 spiro atoms. The van der Waals surface area contributed by atoms with E-state index in [1.54, 1.807) is 24.5 Å². The molecule has 0 bridgehead atoms. The SMILES string of the molecule is COc1ccc(C(CC(=O)O)NC(=O)c2ccc(F)c(SC)c2)c(OC)c1. The molecule has 2 aromatic rings. The topological polar surface area (TPSA) is 84.9 Å². The van der Waals surface area contributed by atoms with E-state index >= 15 is 0 Å². The smallest absolute Gasteiger partial charge is 0.305 e. The molecule has 0 aliphatic carbocycles. The molecule has 8 heteroatoms. The number of thioether (sulfide) groups is 1. The fraction of sp³-hybridized carbons (Fsp3) is 0.263. The summed E-state index contributed by atoms with van der Waals surface area (Å²) in [5.41, 5.74) is 0.741. The van der Waals surface area contributed by atoms with Gasteiger partial charge < -0.3 is 19.9 Å². The molecule has 0 saturated heterocycles. The lowest BCUT2D eigenvalue weighted by atomic mass is 10.0. The molecule has 2 aromatic carbocycles. The van der Waals surface area contributed by atoms with Gasteiger partial charge in [-0.2, -0.15) is 0 Å². The molecule has 144 valence electrons. The third-order valence-electron chi connectivity index (χ3n) is 3.91. The van der Waals surface area contributed by atoms with Gasteiger partial charge in [0.05, 0.1) is 26.7 Å². The van der Waals surface area contributed by atoms with E-state index in [1.165, 1.54) is 44.2 Å². The molecule has 2 rings (SSSR count). The van der Waals surface area contributed by atoms with Gasteiger partial charge in [0.1, 0.15) is 17.3 Å². The van der Waals surface area contributed by atoms with Crippen LogP contribution in [-0.4, -0.2) is 37.5 Å². The molecule has 0 radical (unpaired) electrons. The number of ether oxygens (including phenoxy) is 2. The summed E-state index contributed by atoms with van der Waals surface area (Å²) in [6.07, 6.45) is 1.36. The first-order valence-electron chi connectivity index (χ1n) is 7.97. The van der Waals surface area contributed by atoms with E-state index in [0.29, 0.717) is 22.0 Å². The molecular weight excluding hydrogens is 373 g/mol. The summed E-state index contributed by atoms with van der Waals surface area (Å²) in [7, 11) is 2.95. The molecule has 6 nitrogen and oxygen atoms in total. The van der Waals surface area contributed by atoms with Crippen LogP contribution in [0.3, 0.4) is 0 Å². The van der Waals surface area contributed by atoms with E-state index in [1.807, 2.05) is 0 Å². The minimum absolute atomic E-state index is 0.239. The molecule has 0 aliphatic heterocycles. The number of benzene rings is 2. The number of rotatable bonds is 8. The van der Waals surface area contributed by atoms with Crippen LogP contribution in [0.15, 0.2) is 41.3 Å². The van der Waals surface area contributed by atoms with Crippen molar-refractivity contribution in [3.8, 4) is 11.5 Å². The third-order valence-corrected chi connectivity index (χ3v) is 4.67. The highest BCUT2D eigenvalue weighted by Gasteiger charge is 2.23. The summed E-state index contributed by atoms with van der Waals surface area (Å²) in [4.78, 5) is 24.2. The van der Waals surface area contributed by atoms with E-state index in [0.717, 1.165) is 0 Å². The van der Waals surface area contributed by atoms with Gasteiger partial charge in [-0.3, -0.25) is 9.59 Å². The highest BCUT2D eigenvalue weighted by molar-refractivity contribution is 7.98. The standard InChI is InChI=1S/C19H20FNO5S/c1-25-12-5-6-13(16(9-12)26-2)15(10-18(22)23)21-19(24)11-4-7-14(20)17(8-11)27-3/h4-9,15H,10H2,1-3H3,(H,21,24)(H,22,23). The Balaban J connectivity index is 2.34. The van der Waals surface area contributed by atoms with Crippen LogP contribution in [0.2, 0.25) is 0 Å². The van der Waals surface area contributed by atoms with Crippen molar-refractivity contribution in [3.05, 3.63) is 53.3 Å². The average Bonchev–Trinajstić information content (AvgIpc) is 2.66. The highest BCUT2D eigenvalue weighted by atomic mass is 32.2. The van der Waals surface area contributed by atoms with Crippen molar-refractivity contribution in [2.45, 2.75) is 17.4 Å². The van der Waals surface area contributed by atoms with Crippen molar-refractivity contribution in [2.24, 2.45) is 0 Å². The lowest BCUT2D eigenvalue weighted by Crippen LogP contribution is -2.30. The summed E-state index contributed by atoms with van der Waals surface area (Å²) in [6.45, 7) is 0. The van der Waals surface area contributed by atoms with Crippen molar-refractivity contribution in [3.63, 3.8) is 0 Å². The lowest BCUT2D eigenvalue weighted by molar-refractivity contribution is -0.137. The molecule has 0 saturated carbocycles. The Morgan fingerprint density at radius 3 is 2.52 bits per heavy atom. The summed E-state index contributed by atoms with van der Waals surface area (Å²) >= 11 is 1.18. The Hall–Kier alpha value is -2.74. The normalized spacial score (nSPS) is 11.6. The number of carbonyl (C=O) groups is 2. The highest BCUT2D eigenvalue weighted by Crippen LogP contribution is 2.31. The van der Waals surface area contributed by atoms with Crippen molar-refractivity contribution < 1.29 is 28.6 Å². The third kappa shape index (κ3) is 5.13. The Morgan fingerprint density at radius 2 is 1.93 bits per heavy atom. The summed E-state index contributed by atoms with van der Waals surface area (Å²) in [5, 5.41) is 11.9. The van der Waals surface area contributed by atoms with Gasteiger partial charge in [-0.25, -0.2) is 4.39 Å². The van der Waals surface area contributed by atoms with Gasteiger partial charge in [0.25, 0.3) is 5.91 Å². The van der Waals surface area contributed by atoms with Gasteiger partial charge in [-0.05, 0) is 36.6 Å². The van der Waals surface area contributed by atoms with Crippen LogP contribution in [0.4, 0.5) is 4.39 Å². The molecule has 0 fully saturated rings. The number of amides is 1. The first-order valence-corrected chi connectivity index (χ1v) is 9.20. The maximum absolute atomic E-state index is 13.6. The van der Waals surface area contributed by atoms with E-state index in [4.69, 9.17) is 9.47 Å². The number of carbonyl (C=O) groups excluding carboxylic acids is 1. The van der Waals surface area contributed by atoms with Gasteiger partial charge in [-0.1, -0.05) is 0 Å². The molecule has 27 heavy (non-hydrogen) atoms. The van der Waals surface area contributed by atoms with Gasteiger partial charge >= 0.3 is 5.97 Å². The van der Waals surface area contributed by atoms with Gasteiger partial charge in [0.15, 0.2) is 0 Å². The van der Waals surface area contributed by atoms with E-state index < -0.39 is 23.7 Å². The van der Waals surface area contributed by atoms with E-state index in [-0.39, 0.29) is 12.0 Å². The van der Waals surface area contributed by atoms with Crippen molar-refractivity contribution >= 4 is 23.6 Å². The van der Waals surface area contributed by atoms with Crippen molar-refractivity contribution in [1.82, 2.24) is 5.32 Å². The molecular formula is C19H20FNO5S. The Kier molecular flexibility index (Phi) is 7.06. The molecule has 1 unspecified atom stereocenters. The number of carboxylic acids is 1. The molecule has 1 amide bonds. The van der Waals surface area contributed by atoms with E-state index in [9.17, 15) is 19.1 Å². The van der Waals surface area contributed by atoms with Gasteiger partial charge in [-0.15, -0.1) is 11.8 Å². The number of methoxy groups -OCH3 is 2. The Labute approximate surface area is 160 Å². The number of carboxylic acid groups (broad SMARTS) is 1. The quantitative estimate of drug-likeness (QED) is 0.668. The van der Waals surface area contributed by atoms with Crippen LogP contribution >= 0.6 is 11.8 Å². The molecule has 2 N–H and O–H groups in total. The summed E-state index contributed by atoms with van der Waals surface area (Å²) < 4.78 is 24.1. The van der Waals surface area contributed by atoms with Crippen LogP contribution in [0.1, 0.15) is 28.4 Å². The first kappa shape index (κ1) is 20.6. The molecule has 0 aliphatic rings. The van der Waals surface area contributed by atoms with Crippen LogP contribution in [-0.2, 0) is 4.79 Å². The zero-order chi connectivity index (χ0) is 20.0. The Morgan fingerprint density at radius 1 is 1.19 bits per heavy atom. The molecule has 0 aromatic heterocycles. The fourth-order valence-electron chi connectivity index (χ4n) is 2.56. The largest absolute Gasteiger partial charge is 0.497 e. The van der Waals surface area contributed by atoms with Crippen LogP contribution in [0.5, 0.6) is 11.5 Å². The Bertz CT molecular complexity index is 843. The predicted octanol–water partition coefficient (Wildman–Crippen LogP) is 3.51. The zero-order valence-electron chi connectivity index (χ0n) is 15.1. The van der Waals surface area contributed by atoms with Gasteiger partial charge in [0, 0.05) is 22.1 Å². The molecule has 1 atom stereocenters. The minimum Gasteiger partial charge on any atom is -0.497 e. The summed E-state index contributed by atoms with van der Waals surface area (Å²) in [5.74, 6) is -1.07. The second-order valence-electron chi connectivity index (χ2n) is 5.58. The number of halogens is 1. The second-order valence-corrected chi connectivity index (χ2v) is 6.43. The van der Waals surface area contributed by atoms with Crippen molar-refractivity contribution in [2.75, 3.05) is 20.5 Å². The lowest BCUT2D eigenvalue weighted by Gasteiger charge is -2.20. The average molecular weight is 393 g/mol. The number of nitrogens with one attached hydrogen (secondary N) is 1. The molecule has 0 heterocycles. The second kappa shape index (κ2) is 9.27. The number of hydrogen-bond acceptors (Lipinski definition) is 5. The number of hydrogen-bond donors (Lipinski definition) is 2. The maximum atomic E-state index is 13.6. The monoisotopic (exact) mass is 393 g/mol. The van der Waals surface area contributed by atoms with Crippen LogP contribution in [0, 0.1) is 5.82 Å². The maximum Gasteiger partial charge on any atom is 0.305 e. The van der Waals surface area contributed by atoms with Crippen LogP contribution in [0.25, 0.3) is 0 Å². The van der Waals surface area contributed by atoms with Crippen LogP contribution < -0.4 is 14.8 Å². The summed E-state index contributed by atoms with van der Waals surface area (Å²) in [6, 6.07) is 8.07. The van der Waals surface area contributed by atoms with E-state index in [2.05, 4.69) is 5.32 Å². The fourth-order valence-corrected chi connectivity index (χ4v) is 3.07.